The molecule has 2 rings (SSSR count). The van der Waals surface area contributed by atoms with Gasteiger partial charge in [-0.3, -0.25) is 0 Å². The first-order valence-electron chi connectivity index (χ1n) is 6.27. The maximum Gasteiger partial charge on any atom is 0.129 e. The summed E-state index contributed by atoms with van der Waals surface area (Å²) in [5, 5.41) is 10.7. The molecule has 0 saturated carbocycles. The quantitative estimate of drug-likeness (QED) is 0.888. The summed E-state index contributed by atoms with van der Waals surface area (Å²) in [5.41, 5.74) is -0.223. The highest BCUT2D eigenvalue weighted by atomic mass is 19.1. The number of halogens is 2. The molecule has 0 heterocycles. The highest BCUT2D eigenvalue weighted by Gasteiger charge is 2.30. The summed E-state index contributed by atoms with van der Waals surface area (Å²) in [6, 6.07) is 12.1. The summed E-state index contributed by atoms with van der Waals surface area (Å²) in [7, 11) is 0. The van der Waals surface area contributed by atoms with E-state index in [-0.39, 0.29) is 17.8 Å². The van der Waals surface area contributed by atoms with E-state index in [2.05, 4.69) is 0 Å². The molecule has 0 radical (unpaired) electrons. The van der Waals surface area contributed by atoms with Gasteiger partial charge >= 0.3 is 0 Å². The van der Waals surface area contributed by atoms with Crippen LogP contribution in [0.25, 0.3) is 0 Å². The Kier molecular flexibility index (Phi) is 3.96. The van der Waals surface area contributed by atoms with E-state index < -0.39 is 11.4 Å². The monoisotopic (exact) mass is 262 g/mol. The SMILES string of the molecule is CCC(O)(Cc1ccc(F)cc1)c1ccccc1F. The van der Waals surface area contributed by atoms with Crippen LogP contribution in [0.4, 0.5) is 8.78 Å². The molecule has 1 N–H and O–H groups in total. The van der Waals surface area contributed by atoms with Gasteiger partial charge in [0.1, 0.15) is 11.6 Å². The molecule has 3 heteroatoms. The van der Waals surface area contributed by atoms with Gasteiger partial charge in [-0.15, -0.1) is 0 Å². The molecular weight excluding hydrogens is 246 g/mol. The summed E-state index contributed by atoms with van der Waals surface area (Å²) in [6.07, 6.45) is 0.635. The van der Waals surface area contributed by atoms with Crippen molar-refractivity contribution in [2.24, 2.45) is 0 Å². The molecule has 0 fully saturated rings. The van der Waals surface area contributed by atoms with E-state index in [0.29, 0.717) is 6.42 Å². The number of rotatable bonds is 4. The molecule has 2 aromatic carbocycles. The highest BCUT2D eigenvalue weighted by Crippen LogP contribution is 2.31. The first kappa shape index (κ1) is 13.7. The van der Waals surface area contributed by atoms with E-state index in [1.54, 1.807) is 37.3 Å². The van der Waals surface area contributed by atoms with Gasteiger partial charge < -0.3 is 5.11 Å². The molecule has 0 aromatic heterocycles. The average molecular weight is 262 g/mol. The Morgan fingerprint density at radius 3 is 2.21 bits per heavy atom. The topological polar surface area (TPSA) is 20.2 Å². The Bertz CT molecular complexity index is 551. The van der Waals surface area contributed by atoms with Gasteiger partial charge in [0.25, 0.3) is 0 Å². The second-order valence-corrected chi connectivity index (χ2v) is 4.67. The molecule has 1 nitrogen and oxygen atoms in total. The molecule has 1 unspecified atom stereocenters. The van der Waals surface area contributed by atoms with E-state index in [1.807, 2.05) is 0 Å². The van der Waals surface area contributed by atoms with Gasteiger partial charge in [-0.05, 0) is 30.2 Å². The van der Waals surface area contributed by atoms with Crippen LogP contribution in [0, 0.1) is 11.6 Å². The van der Waals surface area contributed by atoms with Crippen molar-refractivity contribution in [3.63, 3.8) is 0 Å². The normalized spacial score (nSPS) is 14.1. The predicted molar refractivity (Wildman–Crippen MR) is 70.7 cm³/mol. The lowest BCUT2D eigenvalue weighted by Gasteiger charge is -2.28. The largest absolute Gasteiger partial charge is 0.385 e. The van der Waals surface area contributed by atoms with Gasteiger partial charge in [-0.2, -0.15) is 0 Å². The number of benzene rings is 2. The third kappa shape index (κ3) is 2.99. The number of aliphatic hydroxyl groups is 1. The Morgan fingerprint density at radius 2 is 1.63 bits per heavy atom. The third-order valence-corrected chi connectivity index (χ3v) is 3.37. The van der Waals surface area contributed by atoms with Crippen LogP contribution in [0.3, 0.4) is 0 Å². The summed E-state index contributed by atoms with van der Waals surface area (Å²) in [6.45, 7) is 1.80. The molecule has 0 saturated heterocycles. The lowest BCUT2D eigenvalue weighted by Crippen LogP contribution is -2.28. The third-order valence-electron chi connectivity index (χ3n) is 3.37. The molecule has 0 spiro atoms. The molecule has 2 aromatic rings. The lowest BCUT2D eigenvalue weighted by molar-refractivity contribution is 0.0291. The molecule has 100 valence electrons. The molecular formula is C16H16F2O. The summed E-state index contributed by atoms with van der Waals surface area (Å²) in [5.74, 6) is -0.747. The van der Waals surface area contributed by atoms with E-state index in [4.69, 9.17) is 0 Å². The average Bonchev–Trinajstić information content (AvgIpc) is 2.42. The molecule has 0 bridgehead atoms. The van der Waals surface area contributed by atoms with Crippen LogP contribution < -0.4 is 0 Å². The van der Waals surface area contributed by atoms with Crippen LogP contribution in [0.5, 0.6) is 0 Å². The van der Waals surface area contributed by atoms with Crippen LogP contribution in [-0.4, -0.2) is 5.11 Å². The summed E-state index contributed by atoms with van der Waals surface area (Å²) in [4.78, 5) is 0. The van der Waals surface area contributed by atoms with Crippen molar-refractivity contribution in [3.8, 4) is 0 Å². The molecule has 1 atom stereocenters. The molecule has 0 amide bonds. The standard InChI is InChI=1S/C16H16F2O/c1-2-16(19,14-5-3-4-6-15(14)18)11-12-7-9-13(17)10-8-12/h3-10,19H,2,11H2,1H3. The van der Waals surface area contributed by atoms with Crippen molar-refractivity contribution in [2.75, 3.05) is 0 Å². The molecule has 19 heavy (non-hydrogen) atoms. The van der Waals surface area contributed by atoms with E-state index in [0.717, 1.165) is 5.56 Å². The van der Waals surface area contributed by atoms with E-state index >= 15 is 0 Å². The molecule has 0 aliphatic carbocycles. The maximum absolute atomic E-state index is 13.8. The Morgan fingerprint density at radius 1 is 1.00 bits per heavy atom. The Hall–Kier alpha value is -1.74. The smallest absolute Gasteiger partial charge is 0.129 e. The highest BCUT2D eigenvalue weighted by molar-refractivity contribution is 5.28. The van der Waals surface area contributed by atoms with Gasteiger partial charge in [0.15, 0.2) is 0 Å². The summed E-state index contributed by atoms with van der Waals surface area (Å²) >= 11 is 0. The van der Waals surface area contributed by atoms with Crippen LogP contribution in [0.2, 0.25) is 0 Å². The minimum absolute atomic E-state index is 0.255. The van der Waals surface area contributed by atoms with Crippen molar-refractivity contribution >= 4 is 0 Å². The van der Waals surface area contributed by atoms with E-state index in [9.17, 15) is 13.9 Å². The predicted octanol–water partition coefficient (Wildman–Crippen LogP) is 3.81. The van der Waals surface area contributed by atoms with Gasteiger partial charge in [-0.25, -0.2) is 8.78 Å². The fourth-order valence-corrected chi connectivity index (χ4v) is 2.19. The Balaban J connectivity index is 2.33. The van der Waals surface area contributed by atoms with Crippen LogP contribution >= 0.6 is 0 Å². The van der Waals surface area contributed by atoms with Crippen LogP contribution in [-0.2, 0) is 12.0 Å². The second-order valence-electron chi connectivity index (χ2n) is 4.67. The van der Waals surface area contributed by atoms with E-state index in [1.165, 1.54) is 18.2 Å². The van der Waals surface area contributed by atoms with Crippen LogP contribution in [0.1, 0.15) is 24.5 Å². The molecule has 0 aliphatic rings. The number of hydrogen-bond acceptors (Lipinski definition) is 1. The Labute approximate surface area is 111 Å². The lowest BCUT2D eigenvalue weighted by atomic mass is 9.85. The van der Waals surface area contributed by atoms with Crippen molar-refractivity contribution in [1.29, 1.82) is 0 Å². The zero-order valence-corrected chi connectivity index (χ0v) is 10.7. The fraction of sp³-hybridized carbons (Fsp3) is 0.250. The van der Waals surface area contributed by atoms with Crippen molar-refractivity contribution in [1.82, 2.24) is 0 Å². The number of hydrogen-bond donors (Lipinski definition) is 1. The zero-order chi connectivity index (χ0) is 13.9. The second kappa shape index (κ2) is 5.49. The summed E-state index contributed by atoms with van der Waals surface area (Å²) < 4.78 is 26.7. The van der Waals surface area contributed by atoms with Crippen molar-refractivity contribution in [2.45, 2.75) is 25.4 Å². The minimum Gasteiger partial charge on any atom is -0.385 e. The maximum atomic E-state index is 13.8. The van der Waals surface area contributed by atoms with Gasteiger partial charge in [0, 0.05) is 12.0 Å². The van der Waals surface area contributed by atoms with Gasteiger partial charge in [-0.1, -0.05) is 37.3 Å². The molecule has 0 aliphatic heterocycles. The van der Waals surface area contributed by atoms with Gasteiger partial charge in [0.05, 0.1) is 5.60 Å². The van der Waals surface area contributed by atoms with Gasteiger partial charge in [0.2, 0.25) is 0 Å². The van der Waals surface area contributed by atoms with Crippen molar-refractivity contribution < 1.29 is 13.9 Å². The first-order valence-corrected chi connectivity index (χ1v) is 6.27. The van der Waals surface area contributed by atoms with Crippen molar-refractivity contribution in [3.05, 3.63) is 71.3 Å². The fourth-order valence-electron chi connectivity index (χ4n) is 2.19. The van der Waals surface area contributed by atoms with Crippen LogP contribution in [0.15, 0.2) is 48.5 Å². The minimum atomic E-state index is -1.27. The first-order chi connectivity index (χ1) is 9.05. The zero-order valence-electron chi connectivity index (χ0n) is 10.7.